The van der Waals surface area contributed by atoms with Gasteiger partial charge in [-0.2, -0.15) is 0 Å². The Morgan fingerprint density at radius 2 is 2.50 bits per heavy atom. The Morgan fingerprint density at radius 3 is 3.00 bits per heavy atom. The summed E-state index contributed by atoms with van der Waals surface area (Å²) in [6, 6.07) is 0.484. The number of rotatable bonds is 4. The van der Waals surface area contributed by atoms with Gasteiger partial charge in [-0.05, 0) is 25.8 Å². The number of carbonyl (C=O) groups is 1. The fourth-order valence-electron chi connectivity index (χ4n) is 2.04. The molecule has 5 heteroatoms. The van der Waals surface area contributed by atoms with Crippen LogP contribution in [0.5, 0.6) is 0 Å². The summed E-state index contributed by atoms with van der Waals surface area (Å²) < 4.78 is 0. The zero-order valence-electron chi connectivity index (χ0n) is 9.32. The Bertz CT molecular complexity index is 383. The summed E-state index contributed by atoms with van der Waals surface area (Å²) in [5.41, 5.74) is 0.727. The lowest BCUT2D eigenvalue weighted by Gasteiger charge is -2.06. The van der Waals surface area contributed by atoms with Crippen molar-refractivity contribution < 1.29 is 9.90 Å². The molecule has 1 aromatic heterocycles. The SMILES string of the molecule is CCc1nc(CC2CCCN2)sc1C(=O)O. The maximum absolute atomic E-state index is 11.0. The lowest BCUT2D eigenvalue weighted by atomic mass is 10.2. The number of nitrogens with one attached hydrogen (secondary N) is 1. The van der Waals surface area contributed by atoms with Gasteiger partial charge in [-0.3, -0.25) is 0 Å². The van der Waals surface area contributed by atoms with Gasteiger partial charge in [0.15, 0.2) is 0 Å². The van der Waals surface area contributed by atoms with Crippen LogP contribution in [0.15, 0.2) is 0 Å². The third-order valence-electron chi connectivity index (χ3n) is 2.85. The molecule has 2 rings (SSSR count). The van der Waals surface area contributed by atoms with E-state index in [1.807, 2.05) is 6.92 Å². The molecule has 0 spiro atoms. The first-order valence-corrected chi connectivity index (χ1v) is 6.47. The van der Waals surface area contributed by atoms with Crippen molar-refractivity contribution in [2.45, 2.75) is 38.6 Å². The number of aromatic nitrogens is 1. The number of hydrogen-bond donors (Lipinski definition) is 2. The van der Waals surface area contributed by atoms with E-state index in [4.69, 9.17) is 5.11 Å². The molecule has 1 aliphatic heterocycles. The number of carboxylic acid groups (broad SMARTS) is 1. The third-order valence-corrected chi connectivity index (χ3v) is 3.96. The van der Waals surface area contributed by atoms with Crippen molar-refractivity contribution in [2.75, 3.05) is 6.54 Å². The number of nitrogens with zero attached hydrogens (tertiary/aromatic N) is 1. The van der Waals surface area contributed by atoms with Crippen molar-refractivity contribution in [2.24, 2.45) is 0 Å². The topological polar surface area (TPSA) is 62.2 Å². The molecule has 88 valence electrons. The Balaban J connectivity index is 2.12. The predicted octanol–water partition coefficient (Wildman–Crippen LogP) is 1.70. The zero-order valence-corrected chi connectivity index (χ0v) is 10.1. The van der Waals surface area contributed by atoms with Gasteiger partial charge in [-0.25, -0.2) is 9.78 Å². The standard InChI is InChI=1S/C11H16N2O2S/c1-2-8-10(11(14)15)16-9(13-8)6-7-4-3-5-12-7/h7,12H,2-6H2,1H3,(H,14,15). The van der Waals surface area contributed by atoms with E-state index in [9.17, 15) is 4.79 Å². The van der Waals surface area contributed by atoms with Crippen LogP contribution in [0, 0.1) is 0 Å². The number of aryl methyl sites for hydroxylation is 1. The van der Waals surface area contributed by atoms with Gasteiger partial charge in [-0.15, -0.1) is 11.3 Å². The van der Waals surface area contributed by atoms with Crippen LogP contribution in [-0.2, 0) is 12.8 Å². The lowest BCUT2D eigenvalue weighted by molar-refractivity contribution is 0.0701. The Labute approximate surface area is 98.7 Å². The minimum absolute atomic E-state index is 0.412. The number of aromatic carboxylic acids is 1. The van der Waals surface area contributed by atoms with Gasteiger partial charge in [-0.1, -0.05) is 6.92 Å². The quantitative estimate of drug-likeness (QED) is 0.841. The van der Waals surface area contributed by atoms with Gasteiger partial charge in [0.05, 0.1) is 10.7 Å². The molecule has 0 saturated carbocycles. The molecule has 2 N–H and O–H groups in total. The molecule has 1 atom stereocenters. The molecule has 2 heterocycles. The first-order valence-electron chi connectivity index (χ1n) is 5.66. The lowest BCUT2D eigenvalue weighted by Crippen LogP contribution is -2.23. The summed E-state index contributed by atoms with van der Waals surface area (Å²) in [7, 11) is 0. The van der Waals surface area contributed by atoms with Gasteiger partial charge < -0.3 is 10.4 Å². The van der Waals surface area contributed by atoms with Crippen LogP contribution in [0.25, 0.3) is 0 Å². The highest BCUT2D eigenvalue weighted by molar-refractivity contribution is 7.13. The Morgan fingerprint density at radius 1 is 1.69 bits per heavy atom. The molecule has 16 heavy (non-hydrogen) atoms. The average molecular weight is 240 g/mol. The second-order valence-corrected chi connectivity index (χ2v) is 5.12. The van der Waals surface area contributed by atoms with E-state index in [1.165, 1.54) is 24.2 Å². The normalized spacial score (nSPS) is 20.2. The maximum atomic E-state index is 11.0. The van der Waals surface area contributed by atoms with Crippen molar-refractivity contribution in [1.29, 1.82) is 0 Å². The second-order valence-electron chi connectivity index (χ2n) is 4.04. The molecule has 0 bridgehead atoms. The van der Waals surface area contributed by atoms with Crippen LogP contribution < -0.4 is 5.32 Å². The molecule has 0 radical (unpaired) electrons. The number of hydrogen-bond acceptors (Lipinski definition) is 4. The highest BCUT2D eigenvalue weighted by Crippen LogP contribution is 2.22. The van der Waals surface area contributed by atoms with Crippen LogP contribution in [0.4, 0.5) is 0 Å². The smallest absolute Gasteiger partial charge is 0.347 e. The van der Waals surface area contributed by atoms with E-state index in [0.717, 1.165) is 23.7 Å². The molecular weight excluding hydrogens is 224 g/mol. The highest BCUT2D eigenvalue weighted by atomic mass is 32.1. The largest absolute Gasteiger partial charge is 0.477 e. The van der Waals surface area contributed by atoms with Crippen LogP contribution in [-0.4, -0.2) is 28.6 Å². The zero-order chi connectivity index (χ0) is 11.5. The number of carboxylic acids is 1. The predicted molar refractivity (Wildman–Crippen MR) is 63.2 cm³/mol. The molecule has 4 nitrogen and oxygen atoms in total. The summed E-state index contributed by atoms with van der Waals surface area (Å²) in [5, 5.41) is 13.4. The van der Waals surface area contributed by atoms with Gasteiger partial charge >= 0.3 is 5.97 Å². The van der Waals surface area contributed by atoms with E-state index in [2.05, 4.69) is 10.3 Å². The van der Waals surface area contributed by atoms with E-state index in [0.29, 0.717) is 17.3 Å². The van der Waals surface area contributed by atoms with E-state index in [-0.39, 0.29) is 0 Å². The van der Waals surface area contributed by atoms with Crippen LogP contribution in [0.3, 0.4) is 0 Å². The van der Waals surface area contributed by atoms with Crippen molar-refractivity contribution in [3.8, 4) is 0 Å². The first-order chi connectivity index (χ1) is 7.70. The molecule has 1 aliphatic rings. The molecular formula is C11H16N2O2S. The van der Waals surface area contributed by atoms with Crippen molar-refractivity contribution in [3.05, 3.63) is 15.6 Å². The van der Waals surface area contributed by atoms with Gasteiger partial charge in [0.1, 0.15) is 4.88 Å². The van der Waals surface area contributed by atoms with Gasteiger partial charge in [0.2, 0.25) is 0 Å². The molecule has 1 saturated heterocycles. The molecule has 1 unspecified atom stereocenters. The summed E-state index contributed by atoms with van der Waals surface area (Å²) in [6.45, 7) is 3.02. The van der Waals surface area contributed by atoms with Gasteiger partial charge in [0.25, 0.3) is 0 Å². The average Bonchev–Trinajstić information content (AvgIpc) is 2.87. The van der Waals surface area contributed by atoms with Crippen molar-refractivity contribution >= 4 is 17.3 Å². The van der Waals surface area contributed by atoms with Crippen LogP contribution >= 0.6 is 11.3 Å². The molecule has 1 aromatic rings. The minimum Gasteiger partial charge on any atom is -0.477 e. The second kappa shape index (κ2) is 4.93. The number of thiazole rings is 1. The fourth-order valence-corrected chi connectivity index (χ4v) is 3.11. The first kappa shape index (κ1) is 11.5. The molecule has 0 aliphatic carbocycles. The molecule has 0 aromatic carbocycles. The van der Waals surface area contributed by atoms with E-state index >= 15 is 0 Å². The maximum Gasteiger partial charge on any atom is 0.347 e. The van der Waals surface area contributed by atoms with Crippen LogP contribution in [0.2, 0.25) is 0 Å². The summed E-state index contributed by atoms with van der Waals surface area (Å²) in [4.78, 5) is 15.8. The van der Waals surface area contributed by atoms with Crippen molar-refractivity contribution in [1.82, 2.24) is 10.3 Å². The fraction of sp³-hybridized carbons (Fsp3) is 0.636. The highest BCUT2D eigenvalue weighted by Gasteiger charge is 2.20. The van der Waals surface area contributed by atoms with E-state index < -0.39 is 5.97 Å². The molecule has 1 fully saturated rings. The summed E-state index contributed by atoms with van der Waals surface area (Å²) in [5.74, 6) is -0.847. The van der Waals surface area contributed by atoms with E-state index in [1.54, 1.807) is 0 Å². The third kappa shape index (κ3) is 2.41. The summed E-state index contributed by atoms with van der Waals surface area (Å²) in [6.07, 6.45) is 3.94. The van der Waals surface area contributed by atoms with Crippen LogP contribution in [0.1, 0.15) is 40.1 Å². The Kier molecular flexibility index (Phi) is 3.56. The molecule has 0 amide bonds. The Hall–Kier alpha value is -0.940. The monoisotopic (exact) mass is 240 g/mol. The van der Waals surface area contributed by atoms with Crippen molar-refractivity contribution in [3.63, 3.8) is 0 Å². The minimum atomic E-state index is -0.847. The van der Waals surface area contributed by atoms with Gasteiger partial charge in [0, 0.05) is 12.5 Å². The summed E-state index contributed by atoms with van der Waals surface area (Å²) >= 11 is 1.33.